The van der Waals surface area contributed by atoms with E-state index < -0.39 is 6.67 Å². The Labute approximate surface area is 144 Å². The molecule has 0 spiro atoms. The number of carbonyl (C=O) groups excluding carboxylic acids is 1. The number of halogens is 2. The Morgan fingerprint density at radius 1 is 1.00 bits per heavy atom. The molecule has 5 heteroatoms. The Balaban J connectivity index is 1.84. The Kier molecular flexibility index (Phi) is 5.23. The van der Waals surface area contributed by atoms with Crippen molar-refractivity contribution in [3.63, 3.8) is 0 Å². The van der Waals surface area contributed by atoms with Crippen molar-refractivity contribution in [1.29, 1.82) is 0 Å². The summed E-state index contributed by atoms with van der Waals surface area (Å²) in [7, 11) is 0. The van der Waals surface area contributed by atoms with Crippen LogP contribution in [0.5, 0.6) is 5.75 Å². The smallest absolute Gasteiger partial charge is 0.252 e. The summed E-state index contributed by atoms with van der Waals surface area (Å²) >= 11 is 0. The predicted molar refractivity (Wildman–Crippen MR) is 93.0 cm³/mol. The summed E-state index contributed by atoms with van der Waals surface area (Å²) in [5, 5.41) is 4.25. The second kappa shape index (κ2) is 7.75. The second-order valence-electron chi connectivity index (χ2n) is 5.51. The van der Waals surface area contributed by atoms with Gasteiger partial charge in [-0.05, 0) is 35.2 Å². The lowest BCUT2D eigenvalue weighted by atomic mass is 10.0. The van der Waals surface area contributed by atoms with Gasteiger partial charge in [0.25, 0.3) is 5.91 Å². The van der Waals surface area contributed by atoms with Crippen molar-refractivity contribution in [3.05, 3.63) is 77.6 Å². The van der Waals surface area contributed by atoms with Crippen LogP contribution in [0.1, 0.15) is 15.9 Å². The molecule has 0 unspecified atom stereocenters. The molecule has 1 amide bonds. The molecule has 3 aromatic rings. The maximum Gasteiger partial charge on any atom is 0.252 e. The molecule has 0 aliphatic carbocycles. The molecule has 3 rings (SSSR count). The molecule has 0 saturated carbocycles. The predicted octanol–water partition coefficient (Wildman–Crippen LogP) is 4.26. The minimum absolute atomic E-state index is 0.0326. The zero-order chi connectivity index (χ0) is 17.6. The molecule has 0 saturated heterocycles. The fourth-order valence-electron chi connectivity index (χ4n) is 2.67. The van der Waals surface area contributed by atoms with Crippen LogP contribution in [-0.2, 0) is 6.54 Å². The van der Waals surface area contributed by atoms with E-state index in [4.69, 9.17) is 4.74 Å². The first-order chi connectivity index (χ1) is 12.2. The Bertz CT molecular complexity index is 896. The number of amides is 1. The number of rotatable bonds is 6. The van der Waals surface area contributed by atoms with Crippen LogP contribution in [0, 0.1) is 5.82 Å². The van der Waals surface area contributed by atoms with Gasteiger partial charge in [0.15, 0.2) is 0 Å². The Hall–Kier alpha value is -2.95. The van der Waals surface area contributed by atoms with Crippen molar-refractivity contribution < 1.29 is 18.3 Å². The van der Waals surface area contributed by atoms with Gasteiger partial charge in [0.05, 0.1) is 0 Å². The van der Waals surface area contributed by atoms with E-state index in [1.165, 1.54) is 12.1 Å². The number of carbonyl (C=O) groups is 1. The number of fused-ring (bicyclic) bond motifs is 1. The average Bonchev–Trinajstić information content (AvgIpc) is 2.64. The lowest BCUT2D eigenvalue weighted by molar-refractivity contribution is 0.0952. The van der Waals surface area contributed by atoms with E-state index in [1.807, 2.05) is 24.3 Å². The molecule has 0 aliphatic rings. The van der Waals surface area contributed by atoms with Crippen LogP contribution >= 0.6 is 0 Å². The van der Waals surface area contributed by atoms with Crippen molar-refractivity contribution in [2.75, 3.05) is 13.3 Å². The summed E-state index contributed by atoms with van der Waals surface area (Å²) in [6.45, 7) is -0.385. The lowest BCUT2D eigenvalue weighted by Gasteiger charge is -2.12. The molecule has 0 heterocycles. The number of benzene rings is 3. The van der Waals surface area contributed by atoms with Crippen LogP contribution < -0.4 is 10.1 Å². The molecule has 0 bridgehead atoms. The molecule has 0 radical (unpaired) electrons. The molecule has 25 heavy (non-hydrogen) atoms. The first-order valence-electron chi connectivity index (χ1n) is 7.92. The molecule has 128 valence electrons. The molecular formula is C20H17F2NO2. The number of alkyl halides is 1. The highest BCUT2D eigenvalue weighted by atomic mass is 19.1. The third kappa shape index (κ3) is 3.94. The SMILES string of the molecule is O=C(NCc1cccc(F)c1)c1ccc(OCCF)c2ccccc12. The van der Waals surface area contributed by atoms with Crippen molar-refractivity contribution in [1.82, 2.24) is 5.32 Å². The van der Waals surface area contributed by atoms with Crippen LogP contribution in [-0.4, -0.2) is 19.2 Å². The van der Waals surface area contributed by atoms with Crippen LogP contribution in [0.4, 0.5) is 8.78 Å². The highest BCUT2D eigenvalue weighted by Gasteiger charge is 2.13. The highest BCUT2D eigenvalue weighted by Crippen LogP contribution is 2.28. The summed E-state index contributed by atoms with van der Waals surface area (Å²) in [6.07, 6.45) is 0. The van der Waals surface area contributed by atoms with E-state index in [9.17, 15) is 13.6 Å². The first-order valence-corrected chi connectivity index (χ1v) is 7.92. The fourth-order valence-corrected chi connectivity index (χ4v) is 2.67. The monoisotopic (exact) mass is 341 g/mol. The van der Waals surface area contributed by atoms with E-state index >= 15 is 0 Å². The molecular weight excluding hydrogens is 324 g/mol. The topological polar surface area (TPSA) is 38.3 Å². The minimum Gasteiger partial charge on any atom is -0.490 e. The van der Waals surface area contributed by atoms with Gasteiger partial charge in [0, 0.05) is 17.5 Å². The van der Waals surface area contributed by atoms with Crippen molar-refractivity contribution in [3.8, 4) is 5.75 Å². The number of hydrogen-bond acceptors (Lipinski definition) is 2. The van der Waals surface area contributed by atoms with Gasteiger partial charge < -0.3 is 10.1 Å². The standard InChI is InChI=1S/C20H17F2NO2/c21-10-11-25-19-9-8-18(16-6-1-2-7-17(16)19)20(24)23-13-14-4-3-5-15(22)12-14/h1-9,12H,10-11,13H2,(H,23,24). The molecule has 3 nitrogen and oxygen atoms in total. The third-order valence-corrected chi connectivity index (χ3v) is 3.81. The van der Waals surface area contributed by atoms with Gasteiger partial charge in [0.1, 0.15) is 24.8 Å². The van der Waals surface area contributed by atoms with E-state index in [1.54, 1.807) is 24.3 Å². The molecule has 0 fully saturated rings. The number of hydrogen-bond donors (Lipinski definition) is 1. The maximum atomic E-state index is 13.2. The van der Waals surface area contributed by atoms with Crippen LogP contribution in [0.2, 0.25) is 0 Å². The van der Waals surface area contributed by atoms with Crippen molar-refractivity contribution in [2.45, 2.75) is 6.54 Å². The van der Waals surface area contributed by atoms with Gasteiger partial charge in [-0.3, -0.25) is 4.79 Å². The maximum absolute atomic E-state index is 13.2. The molecule has 1 N–H and O–H groups in total. The molecule has 3 aromatic carbocycles. The van der Waals surface area contributed by atoms with E-state index in [-0.39, 0.29) is 24.9 Å². The molecule has 0 aromatic heterocycles. The Morgan fingerprint density at radius 2 is 1.80 bits per heavy atom. The Morgan fingerprint density at radius 3 is 2.56 bits per heavy atom. The summed E-state index contributed by atoms with van der Waals surface area (Å²) < 4.78 is 31.0. The van der Waals surface area contributed by atoms with E-state index in [0.29, 0.717) is 16.9 Å². The highest BCUT2D eigenvalue weighted by molar-refractivity contribution is 6.08. The fraction of sp³-hybridized carbons (Fsp3) is 0.150. The summed E-state index contributed by atoms with van der Waals surface area (Å²) in [5.41, 5.74) is 1.17. The largest absolute Gasteiger partial charge is 0.490 e. The van der Waals surface area contributed by atoms with Gasteiger partial charge in [-0.1, -0.05) is 36.4 Å². The third-order valence-electron chi connectivity index (χ3n) is 3.81. The number of nitrogens with one attached hydrogen (secondary N) is 1. The zero-order valence-electron chi connectivity index (χ0n) is 13.5. The lowest BCUT2D eigenvalue weighted by Crippen LogP contribution is -2.23. The zero-order valence-corrected chi connectivity index (χ0v) is 13.5. The van der Waals surface area contributed by atoms with Gasteiger partial charge in [-0.2, -0.15) is 0 Å². The van der Waals surface area contributed by atoms with Crippen LogP contribution in [0.25, 0.3) is 10.8 Å². The van der Waals surface area contributed by atoms with E-state index in [2.05, 4.69) is 5.32 Å². The van der Waals surface area contributed by atoms with Gasteiger partial charge in [0.2, 0.25) is 0 Å². The van der Waals surface area contributed by atoms with Crippen molar-refractivity contribution in [2.24, 2.45) is 0 Å². The molecule has 0 atom stereocenters. The summed E-state index contributed by atoms with van der Waals surface area (Å²) in [5.74, 6) is -0.0704. The van der Waals surface area contributed by atoms with E-state index in [0.717, 1.165) is 10.8 Å². The summed E-state index contributed by atoms with van der Waals surface area (Å²) in [6, 6.07) is 16.7. The van der Waals surface area contributed by atoms with Crippen molar-refractivity contribution >= 4 is 16.7 Å². The normalized spacial score (nSPS) is 10.6. The summed E-state index contributed by atoms with van der Waals surface area (Å²) in [4.78, 5) is 12.5. The molecule has 0 aliphatic heterocycles. The number of ether oxygens (including phenoxy) is 1. The quantitative estimate of drug-likeness (QED) is 0.728. The minimum atomic E-state index is -0.579. The first kappa shape index (κ1) is 16.9. The average molecular weight is 341 g/mol. The second-order valence-corrected chi connectivity index (χ2v) is 5.51. The van der Waals surface area contributed by atoms with Gasteiger partial charge in [-0.25, -0.2) is 8.78 Å². The van der Waals surface area contributed by atoms with Gasteiger partial charge >= 0.3 is 0 Å². The van der Waals surface area contributed by atoms with Crippen LogP contribution in [0.15, 0.2) is 60.7 Å². The van der Waals surface area contributed by atoms with Crippen LogP contribution in [0.3, 0.4) is 0 Å². The van der Waals surface area contributed by atoms with Gasteiger partial charge in [-0.15, -0.1) is 0 Å².